The summed E-state index contributed by atoms with van der Waals surface area (Å²) >= 11 is 0. The van der Waals surface area contributed by atoms with Crippen molar-refractivity contribution in [1.29, 1.82) is 0 Å². The maximum Gasteiger partial charge on any atom is 0.0645 e. The molecule has 0 N–H and O–H groups in total. The molecular weight excluding hydrogens is 154 g/mol. The zero-order chi connectivity index (χ0) is 8.97. The fourth-order valence-corrected chi connectivity index (χ4v) is 1.68. The van der Waals surface area contributed by atoms with Crippen LogP contribution in [0.4, 0.5) is 0 Å². The van der Waals surface area contributed by atoms with E-state index >= 15 is 0 Å². The summed E-state index contributed by atoms with van der Waals surface area (Å²) in [7, 11) is 1.74. The maximum absolute atomic E-state index is 5.39. The van der Waals surface area contributed by atoms with Gasteiger partial charge in [-0.1, -0.05) is 0 Å². The molecule has 1 aliphatic heterocycles. The zero-order valence-corrected chi connectivity index (χ0v) is 8.25. The monoisotopic (exact) mass is 173 g/mol. The number of morpholine rings is 1. The van der Waals surface area contributed by atoms with Gasteiger partial charge in [0, 0.05) is 19.7 Å². The van der Waals surface area contributed by atoms with Crippen LogP contribution in [-0.2, 0) is 9.47 Å². The second-order valence-corrected chi connectivity index (χ2v) is 3.52. The van der Waals surface area contributed by atoms with E-state index in [-0.39, 0.29) is 0 Å². The van der Waals surface area contributed by atoms with Crippen molar-refractivity contribution >= 4 is 0 Å². The largest absolute Gasteiger partial charge is 0.383 e. The molecule has 0 amide bonds. The van der Waals surface area contributed by atoms with Gasteiger partial charge in [0.15, 0.2) is 0 Å². The van der Waals surface area contributed by atoms with Gasteiger partial charge < -0.3 is 9.47 Å². The molecule has 1 heterocycles. The van der Waals surface area contributed by atoms with E-state index in [0.29, 0.717) is 12.1 Å². The lowest BCUT2D eigenvalue weighted by molar-refractivity contribution is -0.0478. The average Bonchev–Trinajstić information content (AvgIpc) is 2.05. The Morgan fingerprint density at radius 3 is 2.92 bits per heavy atom. The highest BCUT2D eigenvalue weighted by Gasteiger charge is 2.24. The molecule has 0 aromatic heterocycles. The summed E-state index contributed by atoms with van der Waals surface area (Å²) in [6.45, 7) is 7.91. The van der Waals surface area contributed by atoms with E-state index in [0.717, 1.165) is 26.4 Å². The molecule has 1 saturated heterocycles. The fraction of sp³-hybridized carbons (Fsp3) is 1.00. The van der Waals surface area contributed by atoms with Crippen LogP contribution >= 0.6 is 0 Å². The zero-order valence-electron chi connectivity index (χ0n) is 8.25. The third-order valence-electron chi connectivity index (χ3n) is 2.30. The Bertz CT molecular complexity index is 126. The van der Waals surface area contributed by atoms with Gasteiger partial charge in [0.2, 0.25) is 0 Å². The van der Waals surface area contributed by atoms with E-state index in [1.165, 1.54) is 0 Å². The van der Waals surface area contributed by atoms with E-state index in [9.17, 15) is 0 Å². The molecule has 1 atom stereocenters. The van der Waals surface area contributed by atoms with Crippen molar-refractivity contribution in [2.24, 2.45) is 0 Å². The molecule has 1 aliphatic rings. The van der Waals surface area contributed by atoms with Crippen LogP contribution in [-0.4, -0.2) is 50.5 Å². The highest BCUT2D eigenvalue weighted by molar-refractivity contribution is 4.77. The lowest BCUT2D eigenvalue weighted by Crippen LogP contribution is -2.50. The fourth-order valence-electron chi connectivity index (χ4n) is 1.68. The van der Waals surface area contributed by atoms with E-state index in [2.05, 4.69) is 18.7 Å². The van der Waals surface area contributed by atoms with Crippen molar-refractivity contribution in [3.05, 3.63) is 0 Å². The predicted octanol–water partition coefficient (Wildman–Crippen LogP) is 0.742. The summed E-state index contributed by atoms with van der Waals surface area (Å²) in [6, 6.07) is 1.04. The molecule has 0 aromatic carbocycles. The van der Waals surface area contributed by atoms with Crippen LogP contribution in [0, 0.1) is 0 Å². The van der Waals surface area contributed by atoms with Crippen molar-refractivity contribution in [2.75, 3.05) is 33.5 Å². The minimum absolute atomic E-state index is 0.448. The molecule has 3 nitrogen and oxygen atoms in total. The van der Waals surface area contributed by atoms with Crippen molar-refractivity contribution in [3.63, 3.8) is 0 Å². The number of hydrogen-bond acceptors (Lipinski definition) is 3. The number of nitrogens with zero attached hydrogens (tertiary/aromatic N) is 1. The van der Waals surface area contributed by atoms with Crippen molar-refractivity contribution < 1.29 is 9.47 Å². The first kappa shape index (κ1) is 9.96. The van der Waals surface area contributed by atoms with Crippen LogP contribution in [0.3, 0.4) is 0 Å². The molecule has 0 aromatic rings. The molecule has 1 fully saturated rings. The SMILES string of the molecule is COC[C@@H]1COCCN1C(C)C. The summed E-state index contributed by atoms with van der Waals surface area (Å²) in [6.07, 6.45) is 0. The summed E-state index contributed by atoms with van der Waals surface area (Å²) in [5, 5.41) is 0. The maximum atomic E-state index is 5.39. The third-order valence-corrected chi connectivity index (χ3v) is 2.30. The molecule has 0 unspecified atom stereocenters. The Labute approximate surface area is 74.6 Å². The van der Waals surface area contributed by atoms with Crippen LogP contribution in [0.1, 0.15) is 13.8 Å². The topological polar surface area (TPSA) is 21.7 Å². The molecule has 3 heteroatoms. The highest BCUT2D eigenvalue weighted by Crippen LogP contribution is 2.10. The van der Waals surface area contributed by atoms with Crippen LogP contribution in [0.2, 0.25) is 0 Å². The number of hydrogen-bond donors (Lipinski definition) is 0. The van der Waals surface area contributed by atoms with Crippen LogP contribution < -0.4 is 0 Å². The average molecular weight is 173 g/mol. The lowest BCUT2D eigenvalue weighted by Gasteiger charge is -2.37. The highest BCUT2D eigenvalue weighted by atomic mass is 16.5. The molecular formula is C9H19NO2. The van der Waals surface area contributed by atoms with Crippen LogP contribution in [0.25, 0.3) is 0 Å². The molecule has 0 saturated carbocycles. The third kappa shape index (κ3) is 2.44. The second-order valence-electron chi connectivity index (χ2n) is 3.52. The number of ether oxygens (including phenoxy) is 2. The first-order valence-corrected chi connectivity index (χ1v) is 4.58. The Morgan fingerprint density at radius 2 is 2.33 bits per heavy atom. The van der Waals surface area contributed by atoms with Gasteiger partial charge in [-0.3, -0.25) is 4.90 Å². The smallest absolute Gasteiger partial charge is 0.0645 e. The molecule has 0 spiro atoms. The van der Waals surface area contributed by atoms with E-state index in [4.69, 9.17) is 9.47 Å². The van der Waals surface area contributed by atoms with Gasteiger partial charge in [-0.2, -0.15) is 0 Å². The summed E-state index contributed by atoms with van der Waals surface area (Å²) in [5.74, 6) is 0. The summed E-state index contributed by atoms with van der Waals surface area (Å²) in [4.78, 5) is 2.44. The molecule has 12 heavy (non-hydrogen) atoms. The van der Waals surface area contributed by atoms with Crippen molar-refractivity contribution in [3.8, 4) is 0 Å². The van der Waals surface area contributed by atoms with E-state index in [1.807, 2.05) is 0 Å². The Morgan fingerprint density at radius 1 is 1.58 bits per heavy atom. The summed E-state index contributed by atoms with van der Waals surface area (Å²) in [5.41, 5.74) is 0. The minimum atomic E-state index is 0.448. The second kappa shape index (κ2) is 4.80. The summed E-state index contributed by atoms with van der Waals surface area (Å²) < 4.78 is 10.5. The predicted molar refractivity (Wildman–Crippen MR) is 48.3 cm³/mol. The molecule has 0 aliphatic carbocycles. The van der Waals surface area contributed by atoms with Gasteiger partial charge in [-0.25, -0.2) is 0 Å². The van der Waals surface area contributed by atoms with Crippen LogP contribution in [0.5, 0.6) is 0 Å². The van der Waals surface area contributed by atoms with Gasteiger partial charge in [0.05, 0.1) is 25.9 Å². The first-order chi connectivity index (χ1) is 5.75. The number of methoxy groups -OCH3 is 1. The van der Waals surface area contributed by atoms with Gasteiger partial charge in [-0.05, 0) is 13.8 Å². The molecule has 1 rings (SSSR count). The standard InChI is InChI=1S/C9H19NO2/c1-8(2)10-4-5-12-7-9(10)6-11-3/h8-9H,4-7H2,1-3H3/t9-/m1/s1. The lowest BCUT2D eigenvalue weighted by atomic mass is 10.2. The normalized spacial score (nSPS) is 26.5. The van der Waals surface area contributed by atoms with E-state index in [1.54, 1.807) is 7.11 Å². The first-order valence-electron chi connectivity index (χ1n) is 4.58. The Balaban J connectivity index is 2.42. The molecule has 0 radical (unpaired) electrons. The van der Waals surface area contributed by atoms with Crippen LogP contribution in [0.15, 0.2) is 0 Å². The van der Waals surface area contributed by atoms with Gasteiger partial charge in [0.1, 0.15) is 0 Å². The Hall–Kier alpha value is -0.120. The van der Waals surface area contributed by atoms with Crippen molar-refractivity contribution in [2.45, 2.75) is 25.9 Å². The molecule has 0 bridgehead atoms. The quantitative estimate of drug-likeness (QED) is 0.628. The van der Waals surface area contributed by atoms with Gasteiger partial charge in [-0.15, -0.1) is 0 Å². The van der Waals surface area contributed by atoms with Gasteiger partial charge >= 0.3 is 0 Å². The Kier molecular flexibility index (Phi) is 3.98. The number of rotatable bonds is 3. The molecule has 72 valence electrons. The minimum Gasteiger partial charge on any atom is -0.383 e. The van der Waals surface area contributed by atoms with Gasteiger partial charge in [0.25, 0.3) is 0 Å². The van der Waals surface area contributed by atoms with E-state index < -0.39 is 0 Å². The van der Waals surface area contributed by atoms with Crippen molar-refractivity contribution in [1.82, 2.24) is 4.90 Å².